The minimum Gasteiger partial charge on any atom is -0.480 e. The fourth-order valence-corrected chi connectivity index (χ4v) is 0.373. The van der Waals surface area contributed by atoms with Gasteiger partial charge in [0.05, 0.1) is 0 Å². The molecule has 13 heavy (non-hydrogen) atoms. The third-order valence-corrected chi connectivity index (χ3v) is 1.12. The van der Waals surface area contributed by atoms with Crippen LogP contribution in [-0.4, -0.2) is 28.3 Å². The average Bonchev–Trinajstić information content (AvgIpc) is 2.03. The quantitative estimate of drug-likeness (QED) is 0.352. The van der Waals surface area contributed by atoms with Gasteiger partial charge in [0.25, 0.3) is 0 Å². The van der Waals surface area contributed by atoms with E-state index >= 15 is 0 Å². The van der Waals surface area contributed by atoms with E-state index in [-0.39, 0.29) is 0 Å². The summed E-state index contributed by atoms with van der Waals surface area (Å²) in [6.07, 6.45) is 1.93. The molecule has 0 aliphatic heterocycles. The fourth-order valence-electron chi connectivity index (χ4n) is 0.373. The van der Waals surface area contributed by atoms with E-state index in [4.69, 9.17) is 10.8 Å². The summed E-state index contributed by atoms with van der Waals surface area (Å²) in [5.41, 5.74) is 4.90. The summed E-state index contributed by atoms with van der Waals surface area (Å²) in [6, 6.07) is -0.934. The third-order valence-electron chi connectivity index (χ3n) is 1.12. The Morgan fingerprint density at radius 3 is 2.69 bits per heavy atom. The van der Waals surface area contributed by atoms with Gasteiger partial charge in [-0.05, 0) is 11.8 Å². The van der Waals surface area contributed by atoms with E-state index in [0.717, 1.165) is 12.3 Å². The van der Waals surface area contributed by atoms with Crippen molar-refractivity contribution in [1.29, 1.82) is 0 Å². The highest BCUT2D eigenvalue weighted by Gasteiger charge is 2.06. The topological polar surface area (TPSA) is 119 Å². The van der Waals surface area contributed by atoms with E-state index in [1.807, 2.05) is 0 Å². The number of nitrogens with two attached hydrogens (primary N) is 1. The smallest absolute Gasteiger partial charge is 0.328 e. The number of carboxylic acids is 1. The first-order valence-corrected chi connectivity index (χ1v) is 3.31. The van der Waals surface area contributed by atoms with Crippen molar-refractivity contribution < 1.29 is 14.8 Å². The lowest BCUT2D eigenvalue weighted by atomic mass is 10.4. The zero-order valence-corrected chi connectivity index (χ0v) is 6.88. The van der Waals surface area contributed by atoms with Gasteiger partial charge in [-0.25, -0.2) is 4.79 Å². The van der Waals surface area contributed by atoms with Gasteiger partial charge in [0, 0.05) is 12.3 Å². The molecule has 7 heteroatoms. The van der Waals surface area contributed by atoms with E-state index in [1.54, 1.807) is 0 Å². The van der Waals surface area contributed by atoms with Gasteiger partial charge in [-0.1, -0.05) is 0 Å². The number of hydrogen-bond acceptors (Lipinski definition) is 5. The number of aliphatic imine (C=N–C) groups is 1. The first kappa shape index (κ1) is 11.1. The Balaban J connectivity index is 4.22. The van der Waals surface area contributed by atoms with Crippen LogP contribution in [0, 0.1) is 10.1 Å². The van der Waals surface area contributed by atoms with Gasteiger partial charge in [0.15, 0.2) is 0 Å². The van der Waals surface area contributed by atoms with Gasteiger partial charge in [-0.15, -0.1) is 0 Å². The van der Waals surface area contributed by atoms with Gasteiger partial charge in [0.2, 0.25) is 0 Å². The van der Waals surface area contributed by atoms with Crippen molar-refractivity contribution in [2.75, 3.05) is 0 Å². The summed E-state index contributed by atoms with van der Waals surface area (Å²) >= 11 is 0. The van der Waals surface area contributed by atoms with E-state index in [9.17, 15) is 14.9 Å². The van der Waals surface area contributed by atoms with Crippen molar-refractivity contribution >= 4 is 12.2 Å². The van der Waals surface area contributed by atoms with Crippen LogP contribution in [0.25, 0.3) is 0 Å². The maximum Gasteiger partial charge on any atom is 0.328 e. The van der Waals surface area contributed by atoms with Crippen molar-refractivity contribution in [2.24, 2.45) is 10.7 Å². The molecule has 0 aliphatic rings. The summed E-state index contributed by atoms with van der Waals surface area (Å²) in [5, 5.41) is 18.3. The molecule has 0 unspecified atom stereocenters. The second kappa shape index (κ2) is 4.86. The molecule has 0 heterocycles. The molecule has 0 bridgehead atoms. The Morgan fingerprint density at radius 1 is 1.77 bits per heavy atom. The number of hydrogen-bond donors (Lipinski definition) is 2. The highest BCUT2D eigenvalue weighted by atomic mass is 16.6. The van der Waals surface area contributed by atoms with Crippen molar-refractivity contribution in [3.05, 3.63) is 22.0 Å². The minimum absolute atomic E-state index is 0.582. The number of carbonyl (C=O) groups is 1. The Labute approximate surface area is 73.7 Å². The number of carboxylic acid groups (broad SMARTS) is 1. The van der Waals surface area contributed by atoms with Crippen molar-refractivity contribution in [1.82, 2.24) is 0 Å². The lowest BCUT2D eigenvalue weighted by Gasteiger charge is -1.95. The normalized spacial score (nSPS) is 14.4. The molecule has 0 saturated heterocycles. The van der Waals surface area contributed by atoms with Crippen LogP contribution >= 0.6 is 0 Å². The molecule has 0 fully saturated rings. The molecule has 0 saturated carbocycles. The molecule has 7 nitrogen and oxygen atoms in total. The molecule has 1 atom stereocenters. The predicted octanol–water partition coefficient (Wildman–Crippen LogP) is -0.393. The molecule has 0 aliphatic carbocycles. The molecule has 0 aromatic heterocycles. The van der Waals surface area contributed by atoms with E-state index in [2.05, 4.69) is 4.99 Å². The zero-order chi connectivity index (χ0) is 10.4. The molecule has 0 radical (unpaired) electrons. The van der Waals surface area contributed by atoms with Crippen molar-refractivity contribution in [3.8, 4) is 0 Å². The number of nitro groups is 1. The first-order valence-electron chi connectivity index (χ1n) is 3.31. The number of allylic oxidation sites excluding steroid dienone is 1. The van der Waals surface area contributed by atoms with Gasteiger partial charge >= 0.3 is 11.8 Å². The standard InChI is InChI=1S/C6H9N3O4/c1-4(6(10)11)8-3-2-5(7)9(12)13/h2-4H,7H2,1H3,(H,10,11)/b5-2+,8-3?/t4-/m0/s1. The third kappa shape index (κ3) is 4.51. The monoisotopic (exact) mass is 187 g/mol. The second-order valence-electron chi connectivity index (χ2n) is 2.16. The molecular formula is C6H9N3O4. The molecule has 72 valence electrons. The average molecular weight is 187 g/mol. The van der Waals surface area contributed by atoms with Gasteiger partial charge < -0.3 is 15.2 Å². The van der Waals surface area contributed by atoms with E-state index in [1.165, 1.54) is 6.92 Å². The Bertz CT molecular complexity index is 271. The van der Waals surface area contributed by atoms with Crippen molar-refractivity contribution in [2.45, 2.75) is 13.0 Å². The Hall–Kier alpha value is -1.92. The summed E-state index contributed by atoms with van der Waals surface area (Å²) < 4.78 is 0. The van der Waals surface area contributed by atoms with E-state index in [0.29, 0.717) is 0 Å². The van der Waals surface area contributed by atoms with Crippen LogP contribution in [-0.2, 0) is 4.79 Å². The predicted molar refractivity (Wildman–Crippen MR) is 44.9 cm³/mol. The SMILES string of the molecule is C[C@H](N=C/C=C(\N)[N+](=O)[O-])C(=O)O. The van der Waals surface area contributed by atoms with Crippen LogP contribution < -0.4 is 5.73 Å². The molecule has 0 amide bonds. The summed E-state index contributed by atoms with van der Waals surface area (Å²) in [7, 11) is 0. The van der Waals surface area contributed by atoms with Gasteiger partial charge in [0.1, 0.15) is 6.04 Å². The molecule has 0 aromatic rings. The summed E-state index contributed by atoms with van der Waals surface area (Å²) in [4.78, 5) is 22.8. The maximum absolute atomic E-state index is 10.2. The molecular weight excluding hydrogens is 178 g/mol. The molecule has 0 rings (SSSR count). The Morgan fingerprint density at radius 2 is 2.31 bits per heavy atom. The zero-order valence-electron chi connectivity index (χ0n) is 6.88. The van der Waals surface area contributed by atoms with Crippen LogP contribution in [0.1, 0.15) is 6.92 Å². The lowest BCUT2D eigenvalue weighted by molar-refractivity contribution is -0.426. The lowest BCUT2D eigenvalue weighted by Crippen LogP contribution is -2.13. The van der Waals surface area contributed by atoms with Crippen molar-refractivity contribution in [3.63, 3.8) is 0 Å². The minimum atomic E-state index is -1.11. The number of nitrogens with zero attached hydrogens (tertiary/aromatic N) is 2. The van der Waals surface area contributed by atoms with Crippen LogP contribution in [0.5, 0.6) is 0 Å². The fraction of sp³-hybridized carbons (Fsp3) is 0.333. The Kier molecular flexibility index (Phi) is 4.14. The van der Waals surface area contributed by atoms with Crippen LogP contribution in [0.4, 0.5) is 0 Å². The van der Waals surface area contributed by atoms with Gasteiger partial charge in [-0.2, -0.15) is 0 Å². The largest absolute Gasteiger partial charge is 0.480 e. The molecule has 0 spiro atoms. The van der Waals surface area contributed by atoms with Crippen LogP contribution in [0.2, 0.25) is 0 Å². The van der Waals surface area contributed by atoms with Crippen LogP contribution in [0.15, 0.2) is 16.9 Å². The maximum atomic E-state index is 10.2. The molecule has 0 aromatic carbocycles. The second-order valence-corrected chi connectivity index (χ2v) is 2.16. The van der Waals surface area contributed by atoms with Gasteiger partial charge in [-0.3, -0.25) is 10.7 Å². The number of rotatable bonds is 4. The highest BCUT2D eigenvalue weighted by molar-refractivity contribution is 5.78. The summed E-state index contributed by atoms with van der Waals surface area (Å²) in [5.74, 6) is -1.69. The highest BCUT2D eigenvalue weighted by Crippen LogP contribution is 1.88. The number of aliphatic carboxylic acids is 1. The summed E-state index contributed by atoms with van der Waals surface area (Å²) in [6.45, 7) is 1.34. The first-order chi connectivity index (χ1) is 5.95. The molecule has 3 N–H and O–H groups in total. The van der Waals surface area contributed by atoms with Crippen LogP contribution in [0.3, 0.4) is 0 Å². The van der Waals surface area contributed by atoms with E-state index < -0.39 is 22.8 Å².